The van der Waals surface area contributed by atoms with E-state index in [1.807, 2.05) is 0 Å². The van der Waals surface area contributed by atoms with Crippen LogP contribution in [0.1, 0.15) is 34.7 Å². The van der Waals surface area contributed by atoms with E-state index in [2.05, 4.69) is 97.3 Å². The minimum absolute atomic E-state index is 0.902. The molecule has 1 heteroatoms. The van der Waals surface area contributed by atoms with Crippen LogP contribution in [0.3, 0.4) is 0 Å². The van der Waals surface area contributed by atoms with E-state index < -0.39 is 0 Å². The van der Waals surface area contributed by atoms with Gasteiger partial charge in [0, 0.05) is 22.8 Å². The largest absolute Gasteiger partial charge is 0.336 e. The van der Waals surface area contributed by atoms with Crippen LogP contribution in [-0.2, 0) is 19.4 Å². The molecule has 0 aliphatic heterocycles. The fourth-order valence-electron chi connectivity index (χ4n) is 5.27. The third kappa shape index (κ3) is 2.62. The van der Waals surface area contributed by atoms with Crippen LogP contribution < -0.4 is 0 Å². The van der Waals surface area contributed by atoms with E-state index in [-0.39, 0.29) is 0 Å². The van der Waals surface area contributed by atoms with Crippen molar-refractivity contribution in [3.8, 4) is 11.1 Å². The van der Waals surface area contributed by atoms with Gasteiger partial charge in [0.05, 0.1) is 5.52 Å². The molecule has 5 aromatic rings. The van der Waals surface area contributed by atoms with Crippen LogP contribution >= 0.6 is 0 Å². The Bertz CT molecular complexity index is 1430. The summed E-state index contributed by atoms with van der Waals surface area (Å²) in [6.45, 7) is 5.34. The molecule has 0 atom stereocenters. The van der Waals surface area contributed by atoms with Gasteiger partial charge < -0.3 is 4.57 Å². The zero-order chi connectivity index (χ0) is 20.2. The molecule has 0 spiro atoms. The highest BCUT2D eigenvalue weighted by atomic mass is 15.0. The number of fused-ring (bicyclic) bond motifs is 6. The second-order valence-electron chi connectivity index (χ2n) is 8.64. The van der Waals surface area contributed by atoms with Gasteiger partial charge in [0.1, 0.15) is 0 Å². The molecule has 1 aromatic heterocycles. The molecule has 0 radical (unpaired) electrons. The van der Waals surface area contributed by atoms with Crippen LogP contribution in [0.5, 0.6) is 0 Å². The van der Waals surface area contributed by atoms with Crippen LogP contribution in [0.4, 0.5) is 0 Å². The van der Waals surface area contributed by atoms with Crippen molar-refractivity contribution in [2.24, 2.45) is 0 Å². The zero-order valence-electron chi connectivity index (χ0n) is 17.6. The Balaban J connectivity index is 1.60. The lowest BCUT2D eigenvalue weighted by Gasteiger charge is -2.11. The molecule has 0 unspecified atom stereocenters. The molecule has 1 aliphatic rings. The normalized spacial score (nSPS) is 12.5. The molecule has 0 N–H and O–H groups in total. The molecule has 0 saturated heterocycles. The third-order valence-electron chi connectivity index (χ3n) is 6.63. The molecule has 1 nitrogen and oxygen atoms in total. The van der Waals surface area contributed by atoms with E-state index in [9.17, 15) is 0 Å². The Hall–Kier alpha value is -3.32. The summed E-state index contributed by atoms with van der Waals surface area (Å²) in [5.74, 6) is 0. The summed E-state index contributed by atoms with van der Waals surface area (Å²) in [6.07, 6.45) is 2.12. The Labute approximate surface area is 177 Å². The Morgan fingerprint density at radius 3 is 2.40 bits per heavy atom. The average Bonchev–Trinajstić information content (AvgIpc) is 3.27. The van der Waals surface area contributed by atoms with Gasteiger partial charge in [0.25, 0.3) is 0 Å². The maximum absolute atomic E-state index is 2.51. The second kappa shape index (κ2) is 6.60. The minimum atomic E-state index is 0.902. The Morgan fingerprint density at radius 1 is 0.700 bits per heavy atom. The minimum Gasteiger partial charge on any atom is -0.336 e. The quantitative estimate of drug-likeness (QED) is 0.300. The van der Waals surface area contributed by atoms with E-state index in [0.29, 0.717) is 0 Å². The van der Waals surface area contributed by atoms with Crippen molar-refractivity contribution < 1.29 is 0 Å². The lowest BCUT2D eigenvalue weighted by Crippen LogP contribution is -2.01. The molecular formula is C29H25N. The summed E-state index contributed by atoms with van der Waals surface area (Å²) in [6, 6.07) is 29.6. The first kappa shape index (κ1) is 17.5. The Morgan fingerprint density at radius 2 is 1.50 bits per heavy atom. The van der Waals surface area contributed by atoms with Crippen LogP contribution in [0.2, 0.25) is 0 Å². The number of hydrogen-bond donors (Lipinski definition) is 0. The topological polar surface area (TPSA) is 4.93 Å². The molecule has 1 aliphatic carbocycles. The van der Waals surface area contributed by atoms with Gasteiger partial charge in [-0.05, 0) is 71.3 Å². The van der Waals surface area contributed by atoms with Gasteiger partial charge in [-0.2, -0.15) is 0 Å². The maximum atomic E-state index is 2.51. The van der Waals surface area contributed by atoms with Gasteiger partial charge in [-0.1, -0.05) is 73.2 Å². The first-order valence-electron chi connectivity index (χ1n) is 10.9. The number of nitrogens with zero attached hydrogens (tertiary/aromatic N) is 1. The molecule has 6 rings (SSSR count). The van der Waals surface area contributed by atoms with E-state index in [0.717, 1.165) is 19.4 Å². The highest BCUT2D eigenvalue weighted by molar-refractivity contribution is 6.10. The van der Waals surface area contributed by atoms with Gasteiger partial charge in [-0.15, -0.1) is 0 Å². The van der Waals surface area contributed by atoms with Crippen LogP contribution in [0.15, 0.2) is 78.9 Å². The van der Waals surface area contributed by atoms with Crippen LogP contribution in [0.25, 0.3) is 32.9 Å². The predicted molar refractivity (Wildman–Crippen MR) is 127 cm³/mol. The summed E-state index contributed by atoms with van der Waals surface area (Å²) in [7, 11) is 0. The van der Waals surface area contributed by atoms with Crippen molar-refractivity contribution in [3.63, 3.8) is 0 Å². The van der Waals surface area contributed by atoms with Crippen molar-refractivity contribution in [2.75, 3.05) is 0 Å². The molecule has 0 saturated carbocycles. The number of benzene rings is 4. The lowest BCUT2D eigenvalue weighted by atomic mass is 10.0. The van der Waals surface area contributed by atoms with Crippen molar-refractivity contribution in [2.45, 2.75) is 33.2 Å². The molecule has 4 aromatic carbocycles. The van der Waals surface area contributed by atoms with Crippen LogP contribution in [-0.4, -0.2) is 4.57 Å². The second-order valence-corrected chi connectivity index (χ2v) is 8.64. The maximum Gasteiger partial charge on any atom is 0.0500 e. The molecule has 0 fully saturated rings. The highest BCUT2D eigenvalue weighted by Gasteiger charge is 2.21. The number of aromatic nitrogens is 1. The van der Waals surface area contributed by atoms with Gasteiger partial charge in [0.2, 0.25) is 0 Å². The van der Waals surface area contributed by atoms with Gasteiger partial charge in [-0.3, -0.25) is 0 Å². The van der Waals surface area contributed by atoms with Crippen LogP contribution in [0, 0.1) is 6.92 Å². The fraction of sp³-hybridized carbons (Fsp3) is 0.172. The van der Waals surface area contributed by atoms with E-state index in [4.69, 9.17) is 0 Å². The van der Waals surface area contributed by atoms with E-state index in [1.165, 1.54) is 60.8 Å². The molecule has 146 valence electrons. The van der Waals surface area contributed by atoms with E-state index in [1.54, 1.807) is 0 Å². The lowest BCUT2D eigenvalue weighted by molar-refractivity contribution is 0.864. The number of rotatable bonds is 3. The third-order valence-corrected chi connectivity index (χ3v) is 6.63. The zero-order valence-corrected chi connectivity index (χ0v) is 17.6. The summed E-state index contributed by atoms with van der Waals surface area (Å²) >= 11 is 0. The molecule has 0 amide bonds. The van der Waals surface area contributed by atoms with Crippen molar-refractivity contribution >= 4 is 21.8 Å². The van der Waals surface area contributed by atoms with Crippen molar-refractivity contribution in [3.05, 3.63) is 107 Å². The molecule has 0 bridgehead atoms. The molecule has 30 heavy (non-hydrogen) atoms. The number of aryl methyl sites for hydroxylation is 2. The standard InChI is InChI=1S/C29H25N/c1-3-20-12-19(2)13-21(14-20)18-30-28-11-7-6-10-25(28)27-16-23-15-22-8-4-5-9-24(22)26(23)17-29(27)30/h4-14,16-17H,3,15,18H2,1-2H3. The van der Waals surface area contributed by atoms with Crippen molar-refractivity contribution in [1.82, 2.24) is 4.57 Å². The van der Waals surface area contributed by atoms with E-state index >= 15 is 0 Å². The first-order chi connectivity index (χ1) is 14.7. The monoisotopic (exact) mass is 387 g/mol. The van der Waals surface area contributed by atoms with Crippen molar-refractivity contribution in [1.29, 1.82) is 0 Å². The number of hydrogen-bond acceptors (Lipinski definition) is 0. The Kier molecular flexibility index (Phi) is 3.86. The summed E-state index contributed by atoms with van der Waals surface area (Å²) in [5.41, 5.74) is 12.5. The number of para-hydroxylation sites is 1. The SMILES string of the molecule is CCc1cc(C)cc(Cn2c3ccccc3c3cc4c(cc32)-c2ccccc2C4)c1. The highest BCUT2D eigenvalue weighted by Crippen LogP contribution is 2.41. The summed E-state index contributed by atoms with van der Waals surface area (Å²) in [5, 5.41) is 2.73. The van der Waals surface area contributed by atoms with Gasteiger partial charge in [-0.25, -0.2) is 0 Å². The first-order valence-corrected chi connectivity index (χ1v) is 10.9. The molecular weight excluding hydrogens is 362 g/mol. The predicted octanol–water partition coefficient (Wildman–Crippen LogP) is 7.28. The summed E-state index contributed by atoms with van der Waals surface area (Å²) < 4.78 is 2.51. The summed E-state index contributed by atoms with van der Waals surface area (Å²) in [4.78, 5) is 0. The molecule has 1 heterocycles. The average molecular weight is 388 g/mol. The smallest absolute Gasteiger partial charge is 0.0500 e. The van der Waals surface area contributed by atoms with Gasteiger partial charge >= 0.3 is 0 Å². The van der Waals surface area contributed by atoms with Gasteiger partial charge in [0.15, 0.2) is 0 Å². The fourth-order valence-corrected chi connectivity index (χ4v) is 5.27.